The number of hydrogen-bond donors (Lipinski definition) is 0. The SMILES string of the molecule is CC(=O)O[C@@H]1C(=O)N(Sc2ccccc2)[C@H]1C(C)C. The van der Waals surface area contributed by atoms with Crippen LogP contribution in [0.2, 0.25) is 0 Å². The summed E-state index contributed by atoms with van der Waals surface area (Å²) in [4.78, 5) is 24.1. The fourth-order valence-electron chi connectivity index (χ4n) is 2.08. The molecule has 1 amide bonds. The van der Waals surface area contributed by atoms with E-state index in [-0.39, 0.29) is 17.9 Å². The van der Waals surface area contributed by atoms with E-state index >= 15 is 0 Å². The molecule has 1 saturated heterocycles. The number of ether oxygens (including phenoxy) is 1. The van der Waals surface area contributed by atoms with E-state index in [1.165, 1.54) is 18.9 Å². The van der Waals surface area contributed by atoms with Crippen LogP contribution in [0.5, 0.6) is 0 Å². The fourth-order valence-corrected chi connectivity index (χ4v) is 3.25. The van der Waals surface area contributed by atoms with Crippen LogP contribution >= 0.6 is 11.9 Å². The Morgan fingerprint density at radius 2 is 1.95 bits per heavy atom. The molecule has 1 aromatic rings. The second-order valence-corrected chi connectivity index (χ2v) is 5.88. The summed E-state index contributed by atoms with van der Waals surface area (Å²) in [5.74, 6) is -0.311. The van der Waals surface area contributed by atoms with E-state index in [1.54, 1.807) is 4.31 Å². The van der Waals surface area contributed by atoms with E-state index in [4.69, 9.17) is 4.74 Å². The second-order valence-electron chi connectivity index (χ2n) is 4.83. The van der Waals surface area contributed by atoms with E-state index in [0.29, 0.717) is 0 Å². The maximum atomic E-state index is 12.0. The van der Waals surface area contributed by atoms with Gasteiger partial charge >= 0.3 is 5.97 Å². The van der Waals surface area contributed by atoms with Crippen LogP contribution in [-0.4, -0.2) is 28.3 Å². The van der Waals surface area contributed by atoms with Crippen molar-refractivity contribution < 1.29 is 14.3 Å². The van der Waals surface area contributed by atoms with Crippen LogP contribution in [0.1, 0.15) is 20.8 Å². The first-order chi connectivity index (χ1) is 9.00. The van der Waals surface area contributed by atoms with Gasteiger partial charge in [-0.15, -0.1) is 0 Å². The van der Waals surface area contributed by atoms with E-state index in [2.05, 4.69) is 0 Å². The largest absolute Gasteiger partial charge is 0.450 e. The Balaban J connectivity index is 2.09. The van der Waals surface area contributed by atoms with Gasteiger partial charge in [0.2, 0.25) is 6.10 Å². The van der Waals surface area contributed by atoms with Crippen molar-refractivity contribution in [1.29, 1.82) is 0 Å². The van der Waals surface area contributed by atoms with Gasteiger partial charge in [-0.2, -0.15) is 0 Å². The lowest BCUT2D eigenvalue weighted by Crippen LogP contribution is -2.64. The second kappa shape index (κ2) is 5.65. The molecule has 1 aliphatic rings. The zero-order valence-corrected chi connectivity index (χ0v) is 12.0. The monoisotopic (exact) mass is 279 g/mol. The predicted octanol–water partition coefficient (Wildman–Crippen LogP) is 2.49. The lowest BCUT2D eigenvalue weighted by molar-refractivity contribution is -0.175. The normalized spacial score (nSPS) is 22.3. The number of nitrogens with zero attached hydrogens (tertiary/aromatic N) is 1. The summed E-state index contributed by atoms with van der Waals surface area (Å²) in [6.07, 6.45) is -0.631. The molecule has 1 heterocycles. The Hall–Kier alpha value is -1.49. The highest BCUT2D eigenvalue weighted by atomic mass is 32.2. The average Bonchev–Trinajstić information content (AvgIpc) is 2.37. The van der Waals surface area contributed by atoms with E-state index in [9.17, 15) is 9.59 Å². The van der Waals surface area contributed by atoms with Crippen LogP contribution in [0.3, 0.4) is 0 Å². The van der Waals surface area contributed by atoms with Gasteiger partial charge in [-0.25, -0.2) is 0 Å². The van der Waals surface area contributed by atoms with Gasteiger partial charge in [-0.1, -0.05) is 32.0 Å². The third-order valence-electron chi connectivity index (χ3n) is 2.96. The third kappa shape index (κ3) is 2.92. The number of amides is 1. The molecule has 5 heteroatoms. The summed E-state index contributed by atoms with van der Waals surface area (Å²) in [6.45, 7) is 5.37. The predicted molar refractivity (Wildman–Crippen MR) is 73.3 cm³/mol. The van der Waals surface area contributed by atoms with Crippen LogP contribution in [0.25, 0.3) is 0 Å². The van der Waals surface area contributed by atoms with Crippen molar-refractivity contribution in [1.82, 2.24) is 4.31 Å². The molecule has 1 aliphatic heterocycles. The van der Waals surface area contributed by atoms with Crippen LogP contribution in [0.15, 0.2) is 35.2 Å². The molecular weight excluding hydrogens is 262 g/mol. The Morgan fingerprint density at radius 1 is 1.32 bits per heavy atom. The number of hydrogen-bond acceptors (Lipinski definition) is 4. The number of carbonyl (C=O) groups is 2. The quantitative estimate of drug-likeness (QED) is 0.482. The molecule has 0 bridgehead atoms. The smallest absolute Gasteiger partial charge is 0.303 e. The first kappa shape index (κ1) is 13.9. The van der Waals surface area contributed by atoms with Gasteiger partial charge in [0, 0.05) is 11.8 Å². The maximum absolute atomic E-state index is 12.0. The van der Waals surface area contributed by atoms with Crippen LogP contribution in [-0.2, 0) is 14.3 Å². The van der Waals surface area contributed by atoms with Gasteiger partial charge in [-0.3, -0.25) is 13.9 Å². The lowest BCUT2D eigenvalue weighted by atomic mass is 9.91. The number of carbonyl (C=O) groups excluding carboxylic acids is 2. The third-order valence-corrected chi connectivity index (χ3v) is 4.07. The summed E-state index contributed by atoms with van der Waals surface area (Å²) in [7, 11) is 0. The minimum absolute atomic E-state index is 0.0680. The van der Waals surface area contributed by atoms with Gasteiger partial charge < -0.3 is 4.74 Å². The molecule has 2 atom stereocenters. The molecule has 0 saturated carbocycles. The first-order valence-corrected chi connectivity index (χ1v) is 7.01. The summed E-state index contributed by atoms with van der Waals surface area (Å²) in [6, 6.07) is 9.63. The van der Waals surface area contributed by atoms with Crippen LogP contribution in [0, 0.1) is 5.92 Å². The van der Waals surface area contributed by atoms with Crippen molar-refractivity contribution in [2.75, 3.05) is 0 Å². The minimum Gasteiger partial charge on any atom is -0.450 e. The van der Waals surface area contributed by atoms with Gasteiger partial charge in [0.15, 0.2) is 0 Å². The minimum atomic E-state index is -0.631. The zero-order chi connectivity index (χ0) is 14.0. The van der Waals surface area contributed by atoms with Crippen molar-refractivity contribution >= 4 is 23.8 Å². The number of β-lactam (4-membered cyclic amide) rings is 1. The standard InChI is InChI=1S/C14H17NO3S/c1-9(2)12-13(18-10(3)16)14(17)15(12)19-11-7-5-4-6-8-11/h4-9,12-13H,1-3H3/t12-,13-/m0/s1. The molecule has 1 fully saturated rings. The Morgan fingerprint density at radius 3 is 2.47 bits per heavy atom. The molecule has 0 radical (unpaired) electrons. The Kier molecular flexibility index (Phi) is 4.14. The molecule has 0 unspecified atom stereocenters. The van der Waals surface area contributed by atoms with Gasteiger partial charge in [0.25, 0.3) is 5.91 Å². The van der Waals surface area contributed by atoms with Crippen LogP contribution < -0.4 is 0 Å². The Bertz CT molecular complexity index is 475. The summed E-state index contributed by atoms with van der Waals surface area (Å²) in [5.41, 5.74) is 0. The molecule has 0 aromatic heterocycles. The van der Waals surface area contributed by atoms with E-state index in [1.807, 2.05) is 44.2 Å². The molecule has 0 aliphatic carbocycles. The average molecular weight is 279 g/mol. The summed E-state index contributed by atoms with van der Waals surface area (Å²) in [5, 5.41) is 0. The highest BCUT2D eigenvalue weighted by Crippen LogP contribution is 2.38. The van der Waals surface area contributed by atoms with E-state index < -0.39 is 12.1 Å². The molecule has 4 nitrogen and oxygen atoms in total. The number of rotatable bonds is 4. The van der Waals surface area contributed by atoms with E-state index in [0.717, 1.165) is 4.90 Å². The summed E-state index contributed by atoms with van der Waals surface area (Å²) < 4.78 is 6.80. The molecule has 102 valence electrons. The van der Waals surface area contributed by atoms with Crippen LogP contribution in [0.4, 0.5) is 0 Å². The Labute approximate surface area is 117 Å². The highest BCUT2D eigenvalue weighted by Gasteiger charge is 2.52. The molecule has 0 spiro atoms. The summed E-state index contributed by atoms with van der Waals surface area (Å²) >= 11 is 1.40. The molecule has 0 N–H and O–H groups in total. The highest BCUT2D eigenvalue weighted by molar-refractivity contribution is 7.97. The van der Waals surface area contributed by atoms with Crippen molar-refractivity contribution in [3.05, 3.63) is 30.3 Å². The van der Waals surface area contributed by atoms with Crippen molar-refractivity contribution in [3.63, 3.8) is 0 Å². The first-order valence-electron chi connectivity index (χ1n) is 6.24. The topological polar surface area (TPSA) is 46.6 Å². The number of benzene rings is 1. The van der Waals surface area contributed by atoms with Crippen molar-refractivity contribution in [2.24, 2.45) is 5.92 Å². The molecule has 2 rings (SSSR count). The maximum Gasteiger partial charge on any atom is 0.303 e. The number of esters is 1. The molecular formula is C14H17NO3S. The lowest BCUT2D eigenvalue weighted by Gasteiger charge is -2.46. The van der Waals surface area contributed by atoms with Gasteiger partial charge in [-0.05, 0) is 30.0 Å². The van der Waals surface area contributed by atoms with Gasteiger partial charge in [0.05, 0.1) is 6.04 Å². The molecule has 1 aromatic carbocycles. The molecule has 19 heavy (non-hydrogen) atoms. The van der Waals surface area contributed by atoms with Gasteiger partial charge in [0.1, 0.15) is 0 Å². The van der Waals surface area contributed by atoms with Crippen molar-refractivity contribution in [2.45, 2.75) is 37.8 Å². The zero-order valence-electron chi connectivity index (χ0n) is 11.2. The van der Waals surface area contributed by atoms with Crippen molar-refractivity contribution in [3.8, 4) is 0 Å². The fraction of sp³-hybridized carbons (Fsp3) is 0.429.